The second-order valence-electron chi connectivity index (χ2n) is 13.5. The van der Waals surface area contributed by atoms with Gasteiger partial charge in [-0.2, -0.15) is 0 Å². The summed E-state index contributed by atoms with van der Waals surface area (Å²) in [6, 6.07) is 40.4. The molecule has 0 saturated carbocycles. The number of fused-ring (bicyclic) bond motifs is 4. The van der Waals surface area contributed by atoms with Gasteiger partial charge in [0.2, 0.25) is 0 Å². The van der Waals surface area contributed by atoms with E-state index in [4.69, 9.17) is 4.98 Å². The van der Waals surface area contributed by atoms with Crippen molar-refractivity contribution in [2.45, 2.75) is 39.2 Å². The van der Waals surface area contributed by atoms with Crippen molar-refractivity contribution >= 4 is 27.2 Å². The first kappa shape index (κ1) is 28.7. The van der Waals surface area contributed by atoms with Crippen LogP contribution < -0.4 is 5.32 Å². The van der Waals surface area contributed by atoms with Crippen LogP contribution in [-0.4, -0.2) is 11.0 Å². The van der Waals surface area contributed by atoms with E-state index >= 15 is 0 Å². The minimum Gasteiger partial charge on any atom is -0.377 e. The molecule has 3 aliphatic rings. The van der Waals surface area contributed by atoms with E-state index < -0.39 is 0 Å². The normalized spacial score (nSPS) is 18.4. The minimum atomic E-state index is 0.258. The van der Waals surface area contributed by atoms with Crippen LogP contribution in [0.4, 0.5) is 0 Å². The highest BCUT2D eigenvalue weighted by molar-refractivity contribution is 6.22. The van der Waals surface area contributed by atoms with Gasteiger partial charge in [-0.1, -0.05) is 127 Å². The van der Waals surface area contributed by atoms with Crippen molar-refractivity contribution in [2.24, 2.45) is 5.92 Å². The molecule has 2 heterocycles. The fourth-order valence-corrected chi connectivity index (χ4v) is 8.35. The van der Waals surface area contributed by atoms with E-state index in [1.54, 1.807) is 0 Å². The highest BCUT2D eigenvalue weighted by Crippen LogP contribution is 2.47. The lowest BCUT2D eigenvalue weighted by Crippen LogP contribution is -2.32. The summed E-state index contributed by atoms with van der Waals surface area (Å²) in [6.07, 6.45) is 14.5. The number of hydrogen-bond acceptors (Lipinski definition) is 2. The van der Waals surface area contributed by atoms with Gasteiger partial charge in [0, 0.05) is 17.7 Å². The fourth-order valence-electron chi connectivity index (χ4n) is 8.35. The molecule has 2 atom stereocenters. The Hall–Kier alpha value is -5.47. The van der Waals surface area contributed by atoms with Crippen LogP contribution >= 0.6 is 0 Å². The molecule has 2 heteroatoms. The zero-order chi connectivity index (χ0) is 32.2. The van der Waals surface area contributed by atoms with Crippen molar-refractivity contribution in [1.82, 2.24) is 10.3 Å². The summed E-state index contributed by atoms with van der Waals surface area (Å²) in [7, 11) is 0. The quantitative estimate of drug-likeness (QED) is 0.199. The molecule has 2 nitrogen and oxygen atoms in total. The summed E-state index contributed by atoms with van der Waals surface area (Å²) in [6.45, 7) is 4.41. The second kappa shape index (κ2) is 11.6. The van der Waals surface area contributed by atoms with Gasteiger partial charge >= 0.3 is 0 Å². The van der Waals surface area contributed by atoms with Crippen molar-refractivity contribution in [3.8, 4) is 33.4 Å². The van der Waals surface area contributed by atoms with Crippen LogP contribution in [-0.2, 0) is 6.42 Å². The first-order chi connectivity index (χ1) is 23.6. The second-order valence-corrected chi connectivity index (χ2v) is 13.5. The van der Waals surface area contributed by atoms with E-state index in [-0.39, 0.29) is 6.04 Å². The highest BCUT2D eigenvalue weighted by atomic mass is 15.0. The van der Waals surface area contributed by atoms with Crippen LogP contribution in [0.1, 0.15) is 36.7 Å². The number of nitrogens with zero attached hydrogens (tertiary/aromatic N) is 1. The molecule has 0 fully saturated rings. The third kappa shape index (κ3) is 4.75. The Bertz CT molecular complexity index is 2360. The van der Waals surface area contributed by atoms with Gasteiger partial charge in [0.15, 0.2) is 0 Å². The summed E-state index contributed by atoms with van der Waals surface area (Å²) in [5, 5.41) is 8.97. The maximum Gasteiger partial charge on any atom is 0.0905 e. The number of aryl methyl sites for hydroxylation is 1. The molecule has 1 N–H and O–H groups in total. The zero-order valence-electron chi connectivity index (χ0n) is 27.5. The number of hydrogen-bond donors (Lipinski definition) is 1. The summed E-state index contributed by atoms with van der Waals surface area (Å²) in [4.78, 5) is 5.24. The van der Waals surface area contributed by atoms with Crippen LogP contribution in [0, 0.1) is 12.8 Å². The molecule has 0 radical (unpaired) electrons. The van der Waals surface area contributed by atoms with Crippen LogP contribution in [0.3, 0.4) is 0 Å². The van der Waals surface area contributed by atoms with Gasteiger partial charge in [-0.05, 0) is 117 Å². The molecule has 2 aliphatic carbocycles. The molecule has 232 valence electrons. The van der Waals surface area contributed by atoms with Gasteiger partial charge in [0.1, 0.15) is 0 Å². The fraction of sp³-hybridized carbons (Fsp3) is 0.152. The maximum atomic E-state index is 5.24. The number of nitrogens with one attached hydrogen (secondary N) is 1. The van der Waals surface area contributed by atoms with E-state index in [0.717, 1.165) is 30.7 Å². The monoisotopic (exact) mass is 618 g/mol. The molecule has 0 amide bonds. The van der Waals surface area contributed by atoms with Crippen molar-refractivity contribution in [3.05, 3.63) is 168 Å². The molecule has 2 unspecified atom stereocenters. The van der Waals surface area contributed by atoms with Gasteiger partial charge in [0.25, 0.3) is 0 Å². The number of rotatable bonds is 4. The van der Waals surface area contributed by atoms with Gasteiger partial charge in [0.05, 0.1) is 11.4 Å². The summed E-state index contributed by atoms with van der Waals surface area (Å²) in [5.41, 5.74) is 15.3. The summed E-state index contributed by atoms with van der Waals surface area (Å²) < 4.78 is 0. The first-order valence-electron chi connectivity index (χ1n) is 17.3. The average Bonchev–Trinajstić information content (AvgIpc) is 3.14. The van der Waals surface area contributed by atoms with Crippen LogP contribution in [0.2, 0.25) is 0 Å². The number of aromatic nitrogens is 1. The molecule has 1 aliphatic heterocycles. The Kier molecular flexibility index (Phi) is 6.97. The number of allylic oxidation sites excluding steroid dienone is 6. The van der Waals surface area contributed by atoms with Gasteiger partial charge in [-0.15, -0.1) is 0 Å². The number of dihydropyridines is 1. The van der Waals surface area contributed by atoms with Crippen LogP contribution in [0.25, 0.3) is 60.6 Å². The topological polar surface area (TPSA) is 24.9 Å². The predicted octanol–water partition coefficient (Wildman–Crippen LogP) is 11.4. The maximum absolute atomic E-state index is 5.24. The van der Waals surface area contributed by atoms with Crippen LogP contribution in [0.5, 0.6) is 0 Å². The van der Waals surface area contributed by atoms with Crippen LogP contribution in [0.15, 0.2) is 151 Å². The van der Waals surface area contributed by atoms with Crippen molar-refractivity contribution in [1.29, 1.82) is 0 Å². The zero-order valence-corrected chi connectivity index (χ0v) is 27.5. The van der Waals surface area contributed by atoms with E-state index in [1.165, 1.54) is 77.3 Å². The molecule has 9 rings (SSSR count). The molecule has 48 heavy (non-hydrogen) atoms. The standard InChI is InChI=1S/C46H38N2/c1-29-26-40(31-14-6-3-7-15-31)38-24-25-39-41(27-30(2)48-46(39)45(38)47-29)34-22-23-37-42(28-34)44(33-18-10-5-11-19-33)36-21-13-12-20-35(36)43(37)32-16-8-4-9-17-32/h3-14,16-23,26-29,31,47H,15,24-25H2,1-2H3. The van der Waals surface area contributed by atoms with E-state index in [0.29, 0.717) is 5.92 Å². The lowest BCUT2D eigenvalue weighted by atomic mass is 9.77. The Morgan fingerprint density at radius 2 is 1.33 bits per heavy atom. The largest absolute Gasteiger partial charge is 0.377 e. The summed E-state index contributed by atoms with van der Waals surface area (Å²) >= 11 is 0. The Morgan fingerprint density at radius 3 is 2.02 bits per heavy atom. The van der Waals surface area contributed by atoms with Gasteiger partial charge in [-0.3, -0.25) is 4.98 Å². The molecular weight excluding hydrogens is 581 g/mol. The molecule has 6 aromatic rings. The lowest BCUT2D eigenvalue weighted by molar-refractivity contribution is 0.679. The van der Waals surface area contributed by atoms with Crippen molar-refractivity contribution in [2.75, 3.05) is 0 Å². The van der Waals surface area contributed by atoms with Crippen molar-refractivity contribution in [3.63, 3.8) is 0 Å². The van der Waals surface area contributed by atoms with Crippen molar-refractivity contribution < 1.29 is 0 Å². The number of pyridine rings is 1. The third-order valence-electron chi connectivity index (χ3n) is 10.4. The van der Waals surface area contributed by atoms with E-state index in [9.17, 15) is 0 Å². The molecule has 1 aromatic heterocycles. The summed E-state index contributed by atoms with van der Waals surface area (Å²) in [5.74, 6) is 0.431. The molecule has 5 aromatic carbocycles. The van der Waals surface area contributed by atoms with E-state index in [1.807, 2.05) is 0 Å². The number of benzene rings is 5. The molecule has 0 spiro atoms. The van der Waals surface area contributed by atoms with E-state index in [2.05, 4.69) is 159 Å². The average molecular weight is 619 g/mol. The smallest absolute Gasteiger partial charge is 0.0905 e. The third-order valence-corrected chi connectivity index (χ3v) is 10.4. The SMILES string of the molecule is Cc1cc(-c2ccc3c(-c4ccccc4)c4ccccc4c(-c4ccccc4)c3c2)c2c(n1)C1=C(CC2)C(C2C=CC=CC2)=CC(C)N1. The Labute approximate surface area is 282 Å². The molecule has 0 bridgehead atoms. The predicted molar refractivity (Wildman–Crippen MR) is 203 cm³/mol. The first-order valence-corrected chi connectivity index (χ1v) is 17.3. The molecular formula is C46H38N2. The lowest BCUT2D eigenvalue weighted by Gasteiger charge is -2.35. The highest BCUT2D eigenvalue weighted by Gasteiger charge is 2.31. The Balaban J connectivity index is 1.28. The molecule has 0 saturated heterocycles. The van der Waals surface area contributed by atoms with Gasteiger partial charge in [-0.25, -0.2) is 0 Å². The minimum absolute atomic E-state index is 0.258. The Morgan fingerprint density at radius 1 is 0.667 bits per heavy atom. The van der Waals surface area contributed by atoms with Gasteiger partial charge < -0.3 is 5.32 Å².